The van der Waals surface area contributed by atoms with Gasteiger partial charge in [-0.15, -0.1) is 0 Å². The molecule has 2 aromatic carbocycles. The van der Waals surface area contributed by atoms with Gasteiger partial charge < -0.3 is 5.32 Å². The molecule has 0 saturated carbocycles. The van der Waals surface area contributed by atoms with E-state index in [1.165, 1.54) is 12.1 Å². The van der Waals surface area contributed by atoms with Crippen molar-refractivity contribution in [3.05, 3.63) is 64.4 Å². The van der Waals surface area contributed by atoms with Gasteiger partial charge in [0.15, 0.2) is 0 Å². The van der Waals surface area contributed by atoms with E-state index < -0.39 is 29.0 Å². The molecule has 2 rings (SSSR count). The first-order chi connectivity index (χ1) is 9.79. The molecule has 2 nitrogen and oxygen atoms in total. The number of nitrogens with one attached hydrogen (secondary N) is 1. The standard InChI is InChI=1S/C14H8ClF4NO/c15-8-3-1-4-9(7-8)20-13(21)10-5-2-6-11(12(10)16)14(17,18)19/h1-7H,(H,20,21). The number of carbonyl (C=O) groups excluding carboxylic acids is 1. The molecule has 0 radical (unpaired) electrons. The van der Waals surface area contributed by atoms with Crippen LogP contribution in [0.1, 0.15) is 15.9 Å². The van der Waals surface area contributed by atoms with E-state index in [4.69, 9.17) is 11.6 Å². The van der Waals surface area contributed by atoms with Gasteiger partial charge in [-0.1, -0.05) is 23.7 Å². The topological polar surface area (TPSA) is 29.1 Å². The molecule has 0 aromatic heterocycles. The van der Waals surface area contributed by atoms with Gasteiger partial charge in [0, 0.05) is 10.7 Å². The van der Waals surface area contributed by atoms with Gasteiger partial charge in [-0.05, 0) is 30.3 Å². The van der Waals surface area contributed by atoms with Crippen LogP contribution in [0.3, 0.4) is 0 Å². The van der Waals surface area contributed by atoms with Gasteiger partial charge in [0.1, 0.15) is 5.82 Å². The van der Waals surface area contributed by atoms with Crippen molar-refractivity contribution in [1.29, 1.82) is 0 Å². The zero-order valence-electron chi connectivity index (χ0n) is 10.3. The normalized spacial score (nSPS) is 11.3. The number of alkyl halides is 3. The van der Waals surface area contributed by atoms with Gasteiger partial charge in [-0.25, -0.2) is 4.39 Å². The second-order valence-corrected chi connectivity index (χ2v) is 4.57. The summed E-state index contributed by atoms with van der Waals surface area (Å²) in [5.74, 6) is -2.59. The molecule has 0 fully saturated rings. The Balaban J connectivity index is 2.32. The van der Waals surface area contributed by atoms with Crippen LogP contribution in [0.4, 0.5) is 23.2 Å². The Bertz CT molecular complexity index is 685. The molecule has 7 heteroatoms. The molecule has 21 heavy (non-hydrogen) atoms. The van der Waals surface area contributed by atoms with Crippen LogP contribution in [0.5, 0.6) is 0 Å². The zero-order valence-corrected chi connectivity index (χ0v) is 11.1. The van der Waals surface area contributed by atoms with Crippen LogP contribution >= 0.6 is 11.6 Å². The van der Waals surface area contributed by atoms with Crippen LogP contribution in [0.25, 0.3) is 0 Å². The molecule has 0 atom stereocenters. The highest BCUT2D eigenvalue weighted by Gasteiger charge is 2.35. The van der Waals surface area contributed by atoms with E-state index in [9.17, 15) is 22.4 Å². The fraction of sp³-hybridized carbons (Fsp3) is 0.0714. The lowest BCUT2D eigenvalue weighted by molar-refractivity contribution is -0.140. The summed E-state index contributed by atoms with van der Waals surface area (Å²) >= 11 is 5.72. The summed E-state index contributed by atoms with van der Waals surface area (Å²) < 4.78 is 51.5. The first-order valence-electron chi connectivity index (χ1n) is 5.71. The summed E-state index contributed by atoms with van der Waals surface area (Å²) in [5.41, 5.74) is -1.92. The fourth-order valence-electron chi connectivity index (χ4n) is 1.69. The lowest BCUT2D eigenvalue weighted by Crippen LogP contribution is -2.17. The molecule has 0 aliphatic carbocycles. The van der Waals surface area contributed by atoms with Gasteiger partial charge in [0.25, 0.3) is 5.91 Å². The highest BCUT2D eigenvalue weighted by Crippen LogP contribution is 2.32. The Labute approximate surface area is 122 Å². The Morgan fingerprint density at radius 3 is 2.38 bits per heavy atom. The summed E-state index contributed by atoms with van der Waals surface area (Å²) in [4.78, 5) is 11.9. The van der Waals surface area contributed by atoms with Crippen molar-refractivity contribution in [2.45, 2.75) is 6.18 Å². The lowest BCUT2D eigenvalue weighted by Gasteiger charge is -2.11. The van der Waals surface area contributed by atoms with Crippen LogP contribution in [0.2, 0.25) is 5.02 Å². The van der Waals surface area contributed by atoms with E-state index in [-0.39, 0.29) is 5.69 Å². The molecule has 1 amide bonds. The molecule has 0 aliphatic rings. The smallest absolute Gasteiger partial charge is 0.322 e. The molecule has 0 spiro atoms. The molecule has 0 unspecified atom stereocenters. The molecule has 110 valence electrons. The maximum absolute atomic E-state index is 13.8. The van der Waals surface area contributed by atoms with E-state index in [1.54, 1.807) is 12.1 Å². The van der Waals surface area contributed by atoms with Gasteiger partial charge in [0.2, 0.25) is 0 Å². The molecule has 0 aliphatic heterocycles. The number of anilines is 1. The summed E-state index contributed by atoms with van der Waals surface area (Å²) in [7, 11) is 0. The molecule has 1 N–H and O–H groups in total. The first-order valence-corrected chi connectivity index (χ1v) is 6.09. The van der Waals surface area contributed by atoms with E-state index in [2.05, 4.69) is 5.32 Å². The Kier molecular flexibility index (Phi) is 4.18. The number of amides is 1. The average Bonchev–Trinajstić information content (AvgIpc) is 2.37. The number of carbonyl (C=O) groups is 1. The molecule has 0 heterocycles. The SMILES string of the molecule is O=C(Nc1cccc(Cl)c1)c1cccc(C(F)(F)F)c1F. The van der Waals surface area contributed by atoms with Crippen molar-refractivity contribution in [2.24, 2.45) is 0 Å². The van der Waals surface area contributed by atoms with Crippen LogP contribution in [-0.4, -0.2) is 5.91 Å². The van der Waals surface area contributed by atoms with Crippen molar-refractivity contribution in [2.75, 3.05) is 5.32 Å². The minimum absolute atomic E-state index is 0.254. The van der Waals surface area contributed by atoms with Gasteiger partial charge in [0.05, 0.1) is 11.1 Å². The van der Waals surface area contributed by atoms with Crippen LogP contribution < -0.4 is 5.32 Å². The van der Waals surface area contributed by atoms with E-state index in [1.807, 2.05) is 0 Å². The number of rotatable bonds is 2. The minimum Gasteiger partial charge on any atom is -0.322 e. The number of benzene rings is 2. The third-order valence-corrected chi connectivity index (χ3v) is 2.87. The summed E-state index contributed by atoms with van der Waals surface area (Å²) in [5, 5.41) is 2.62. The molecule has 2 aromatic rings. The third kappa shape index (κ3) is 3.52. The number of halogens is 5. The van der Waals surface area contributed by atoms with E-state index in [0.29, 0.717) is 11.1 Å². The van der Waals surface area contributed by atoms with Crippen molar-refractivity contribution >= 4 is 23.2 Å². The van der Waals surface area contributed by atoms with Crippen molar-refractivity contribution < 1.29 is 22.4 Å². The maximum Gasteiger partial charge on any atom is 0.419 e. The first kappa shape index (κ1) is 15.3. The minimum atomic E-state index is -4.86. The van der Waals surface area contributed by atoms with E-state index in [0.717, 1.165) is 12.1 Å². The van der Waals surface area contributed by atoms with Crippen LogP contribution in [0.15, 0.2) is 42.5 Å². The second kappa shape index (κ2) is 5.73. The lowest BCUT2D eigenvalue weighted by atomic mass is 10.1. The second-order valence-electron chi connectivity index (χ2n) is 4.13. The predicted octanol–water partition coefficient (Wildman–Crippen LogP) is 4.75. The average molecular weight is 318 g/mol. The van der Waals surface area contributed by atoms with E-state index >= 15 is 0 Å². The van der Waals surface area contributed by atoms with Gasteiger partial charge >= 0.3 is 6.18 Å². The van der Waals surface area contributed by atoms with Crippen molar-refractivity contribution in [1.82, 2.24) is 0 Å². The summed E-state index contributed by atoms with van der Waals surface area (Å²) in [6.45, 7) is 0. The molecular weight excluding hydrogens is 310 g/mol. The highest BCUT2D eigenvalue weighted by atomic mass is 35.5. The molecule has 0 saturated heterocycles. The van der Waals surface area contributed by atoms with Gasteiger partial charge in [-0.3, -0.25) is 4.79 Å². The van der Waals surface area contributed by atoms with Crippen LogP contribution in [-0.2, 0) is 6.18 Å². The largest absolute Gasteiger partial charge is 0.419 e. The summed E-state index contributed by atoms with van der Waals surface area (Å²) in [6.07, 6.45) is -4.86. The zero-order chi connectivity index (χ0) is 15.6. The molecule has 0 bridgehead atoms. The fourth-order valence-corrected chi connectivity index (χ4v) is 1.88. The number of hydrogen-bond acceptors (Lipinski definition) is 1. The van der Waals surface area contributed by atoms with Crippen LogP contribution in [0, 0.1) is 5.82 Å². The Morgan fingerprint density at radius 1 is 1.10 bits per heavy atom. The highest BCUT2D eigenvalue weighted by molar-refractivity contribution is 6.30. The molecular formula is C14H8ClF4NO. The third-order valence-electron chi connectivity index (χ3n) is 2.63. The maximum atomic E-state index is 13.8. The Morgan fingerprint density at radius 2 is 1.76 bits per heavy atom. The Hall–Kier alpha value is -2.08. The predicted molar refractivity (Wildman–Crippen MR) is 70.8 cm³/mol. The summed E-state index contributed by atoms with van der Waals surface area (Å²) in [6, 6.07) is 8.50. The van der Waals surface area contributed by atoms with Crippen molar-refractivity contribution in [3.8, 4) is 0 Å². The quantitative estimate of drug-likeness (QED) is 0.796. The monoisotopic (exact) mass is 317 g/mol. The number of hydrogen-bond donors (Lipinski definition) is 1. The van der Waals surface area contributed by atoms with Crippen molar-refractivity contribution in [3.63, 3.8) is 0 Å². The van der Waals surface area contributed by atoms with Gasteiger partial charge in [-0.2, -0.15) is 13.2 Å².